The molecule has 11 rings (SSSR count). The van der Waals surface area contributed by atoms with Crippen molar-refractivity contribution in [2.24, 2.45) is 35.5 Å². The number of fused-ring (bicyclic) bond motifs is 2. The summed E-state index contributed by atoms with van der Waals surface area (Å²) >= 11 is 0. The highest BCUT2D eigenvalue weighted by Crippen LogP contribution is 2.63. The van der Waals surface area contributed by atoms with Gasteiger partial charge in [-0.25, -0.2) is 47.9 Å². The highest BCUT2D eigenvalue weighted by atomic mass is 16.6. The molecule has 70 heavy (non-hydrogen) atoms. The third-order valence-corrected chi connectivity index (χ3v) is 15.3. The molecule has 11 aliphatic rings. The van der Waals surface area contributed by atoms with Crippen LogP contribution < -0.4 is 21.3 Å². The second-order valence-electron chi connectivity index (χ2n) is 18.2. The van der Waals surface area contributed by atoms with Gasteiger partial charge in [0.15, 0.2) is 0 Å². The minimum Gasteiger partial charge on any atom is -0.463 e. The number of carbonyl (C=O) groups excluding carboxylic acids is 10. The van der Waals surface area contributed by atoms with Crippen LogP contribution in [-0.4, -0.2) is 168 Å². The zero-order valence-electron chi connectivity index (χ0n) is 39.2. The Morgan fingerprint density at radius 1 is 0.429 bits per heavy atom. The maximum absolute atomic E-state index is 14.4. The fourth-order valence-corrected chi connectivity index (χ4v) is 13.0. The maximum atomic E-state index is 14.4. The number of allylic oxidation sites excluding steroid dienone is 4. The first-order chi connectivity index (χ1) is 33.5. The van der Waals surface area contributed by atoms with Gasteiger partial charge in [-0.05, 0) is 87.5 Å². The first-order valence-electron chi connectivity index (χ1n) is 23.5. The van der Waals surface area contributed by atoms with Crippen LogP contribution in [0.25, 0.3) is 0 Å². The van der Waals surface area contributed by atoms with Gasteiger partial charge in [0.25, 0.3) is 22.7 Å². The van der Waals surface area contributed by atoms with Crippen LogP contribution in [0.4, 0.5) is 19.2 Å². The molecule has 24 nitrogen and oxygen atoms in total. The van der Waals surface area contributed by atoms with E-state index in [0.29, 0.717) is 22.3 Å². The van der Waals surface area contributed by atoms with Gasteiger partial charge in [0.2, 0.25) is 0 Å². The Labute approximate surface area is 399 Å². The highest BCUT2D eigenvalue weighted by molar-refractivity contribution is 6.11. The van der Waals surface area contributed by atoms with Crippen molar-refractivity contribution in [1.29, 1.82) is 0 Å². The van der Waals surface area contributed by atoms with Gasteiger partial charge in [-0.15, -0.1) is 0 Å². The molecule has 4 atom stereocenters. The summed E-state index contributed by atoms with van der Waals surface area (Å²) in [6.07, 6.45) is 7.48. The molecular weight excluding hydrogens is 921 g/mol. The number of hydrogen-bond acceptors (Lipinski definition) is 16. The van der Waals surface area contributed by atoms with Crippen LogP contribution in [-0.2, 0) is 57.2 Å². The lowest BCUT2D eigenvalue weighted by atomic mass is 9.46. The van der Waals surface area contributed by atoms with E-state index in [4.69, 9.17) is 28.4 Å². The van der Waals surface area contributed by atoms with Gasteiger partial charge in [0.05, 0.1) is 77.0 Å². The van der Waals surface area contributed by atoms with E-state index >= 15 is 0 Å². The number of rotatable bonds is 12. The Bertz CT molecular complexity index is 2370. The molecule has 0 aromatic rings. The van der Waals surface area contributed by atoms with Crippen LogP contribution in [0.3, 0.4) is 0 Å². The standard InChI is InChI=1S/C46H52N8O16/c1-7-65-33(55)31-29-25-13-21-17-51-39(61)47-43(35(57)67-9-3)45(51,37(59)69-11-5)53(41(63)49-43)19-23(21)15-27(25)30(32(31)34(56)66-8-2)28-16-24-20-54-42(64)50-44(36(58)68-10-4)46(54,38(60)70-12-6)52(40(62)48-44)18-22(24)14-26(28)29/h13-16,25-30H,7-12,17-20H2,1-6H3,(H,47,61)(H,48,62)(H,49,63)(H,50,64). The number of urea groups is 4. The van der Waals surface area contributed by atoms with Crippen molar-refractivity contribution in [2.45, 2.75) is 64.2 Å². The van der Waals surface area contributed by atoms with Gasteiger partial charge < -0.3 is 49.7 Å². The van der Waals surface area contributed by atoms with Crippen LogP contribution in [0.1, 0.15) is 41.5 Å². The lowest BCUT2D eigenvalue weighted by molar-refractivity contribution is -0.177. The topological polar surface area (TPSA) is 287 Å². The van der Waals surface area contributed by atoms with Crippen molar-refractivity contribution in [3.05, 3.63) is 57.7 Å². The Morgan fingerprint density at radius 2 is 0.671 bits per heavy atom. The third-order valence-electron chi connectivity index (χ3n) is 15.3. The monoisotopic (exact) mass is 972 g/mol. The molecule has 6 saturated heterocycles. The average Bonchev–Trinajstić information content (AvgIpc) is 3.79. The second kappa shape index (κ2) is 16.1. The SMILES string of the molecule is CCOC(=O)C1=C(C(=O)OCC)C2C3C=C4CN5C(=O)NC6(C(=O)OCC)NC(=O)N(CC4=CC3C1C1C=C3CN4C(=O)NC7(C(=O)OCC)NC(=O)N(CC3=CC12)C47C(=O)OCC)C56C(=O)OCC. The van der Waals surface area contributed by atoms with E-state index in [9.17, 15) is 47.9 Å². The van der Waals surface area contributed by atoms with E-state index in [-0.39, 0.29) is 77.0 Å². The number of nitrogens with one attached hydrogen (secondary N) is 4. The summed E-state index contributed by atoms with van der Waals surface area (Å²) < 4.78 is 33.2. The fourth-order valence-electron chi connectivity index (χ4n) is 13.0. The minimum absolute atomic E-state index is 0.0471. The first kappa shape index (κ1) is 46.3. The molecule has 4 N–H and O–H groups in total. The Balaban J connectivity index is 1.14. The largest absolute Gasteiger partial charge is 0.463 e. The third kappa shape index (κ3) is 5.57. The molecule has 6 heterocycles. The Hall–Kier alpha value is -7.40. The van der Waals surface area contributed by atoms with Crippen LogP contribution >= 0.6 is 0 Å². The van der Waals surface area contributed by atoms with Gasteiger partial charge in [0.1, 0.15) is 0 Å². The molecule has 4 unspecified atom stereocenters. The molecule has 0 aromatic heterocycles. The van der Waals surface area contributed by atoms with Gasteiger partial charge in [-0.3, -0.25) is 19.6 Å². The fraction of sp³-hybridized carbons (Fsp3) is 0.565. The summed E-state index contributed by atoms with van der Waals surface area (Å²) in [5, 5.41) is 10.2. The molecule has 5 aliphatic carbocycles. The lowest BCUT2D eigenvalue weighted by Gasteiger charge is -2.57. The normalized spacial score (nSPS) is 34.4. The zero-order chi connectivity index (χ0) is 50.0. The van der Waals surface area contributed by atoms with Crippen molar-refractivity contribution >= 4 is 59.9 Å². The molecule has 2 bridgehead atoms. The number of ether oxygens (including phenoxy) is 6. The van der Waals surface area contributed by atoms with Crippen LogP contribution in [0.15, 0.2) is 57.7 Å². The Kier molecular flexibility index (Phi) is 10.6. The van der Waals surface area contributed by atoms with Crippen molar-refractivity contribution in [2.75, 3.05) is 65.8 Å². The molecule has 1 saturated carbocycles. The molecule has 372 valence electrons. The summed E-state index contributed by atoms with van der Waals surface area (Å²) in [7, 11) is 0. The number of nitrogens with zero attached hydrogens (tertiary/aromatic N) is 4. The van der Waals surface area contributed by atoms with Crippen molar-refractivity contribution in [1.82, 2.24) is 40.9 Å². The Morgan fingerprint density at radius 3 is 0.914 bits per heavy atom. The maximum Gasteiger partial charge on any atom is 0.358 e. The van der Waals surface area contributed by atoms with E-state index in [1.54, 1.807) is 27.7 Å². The summed E-state index contributed by atoms with van der Waals surface area (Å²) in [4.78, 5) is 147. The highest BCUT2D eigenvalue weighted by Gasteiger charge is 2.84. The number of esters is 6. The molecule has 0 radical (unpaired) electrons. The zero-order valence-corrected chi connectivity index (χ0v) is 39.2. The predicted molar refractivity (Wildman–Crippen MR) is 232 cm³/mol. The van der Waals surface area contributed by atoms with Crippen LogP contribution in [0, 0.1) is 35.5 Å². The molecule has 0 spiro atoms. The predicted octanol–water partition coefficient (Wildman–Crippen LogP) is 0.0320. The molecule has 24 heteroatoms. The van der Waals surface area contributed by atoms with Crippen molar-refractivity contribution in [3.63, 3.8) is 0 Å². The van der Waals surface area contributed by atoms with E-state index in [1.165, 1.54) is 13.8 Å². The quantitative estimate of drug-likeness (QED) is 0.148. The minimum atomic E-state index is -2.42. The number of hydrogen-bond donors (Lipinski definition) is 4. The second-order valence-corrected chi connectivity index (χ2v) is 18.2. The van der Waals surface area contributed by atoms with Crippen molar-refractivity contribution in [3.8, 4) is 0 Å². The van der Waals surface area contributed by atoms with E-state index in [2.05, 4.69) is 21.3 Å². The number of carbonyl (C=O) groups is 10. The van der Waals surface area contributed by atoms with Gasteiger partial charge in [-0.2, -0.15) is 0 Å². The lowest BCUT2D eigenvalue weighted by Crippen LogP contribution is -2.75. The van der Waals surface area contributed by atoms with E-state index in [0.717, 1.165) is 19.6 Å². The number of amides is 8. The van der Waals surface area contributed by atoms with E-state index in [1.807, 2.05) is 24.3 Å². The summed E-state index contributed by atoms with van der Waals surface area (Å²) in [5.41, 5.74) is -7.60. The van der Waals surface area contributed by atoms with Crippen LogP contribution in [0.5, 0.6) is 0 Å². The smallest absolute Gasteiger partial charge is 0.358 e. The van der Waals surface area contributed by atoms with Gasteiger partial charge in [0, 0.05) is 11.8 Å². The van der Waals surface area contributed by atoms with Crippen LogP contribution in [0.2, 0.25) is 0 Å². The van der Waals surface area contributed by atoms with Gasteiger partial charge >= 0.3 is 59.9 Å². The molecule has 6 aliphatic heterocycles. The summed E-state index contributed by atoms with van der Waals surface area (Å²) in [6, 6.07) is -3.53. The first-order valence-corrected chi connectivity index (χ1v) is 23.5. The summed E-state index contributed by atoms with van der Waals surface area (Å²) in [5.74, 6) is -10.1. The molecular formula is C46H52N8O16. The molecule has 8 amide bonds. The van der Waals surface area contributed by atoms with Gasteiger partial charge in [-0.1, -0.05) is 24.3 Å². The summed E-state index contributed by atoms with van der Waals surface area (Å²) in [6.45, 7) is 7.34. The molecule has 7 fully saturated rings. The average molecular weight is 973 g/mol. The molecule has 0 aromatic carbocycles. The van der Waals surface area contributed by atoms with E-state index < -0.39 is 118 Å². The van der Waals surface area contributed by atoms with Crippen molar-refractivity contribution < 1.29 is 76.4 Å².